The first-order valence-electron chi connectivity index (χ1n) is 2.80. The van der Waals surface area contributed by atoms with Gasteiger partial charge in [0.1, 0.15) is 0 Å². The van der Waals surface area contributed by atoms with Gasteiger partial charge >= 0.3 is 0 Å². The van der Waals surface area contributed by atoms with Gasteiger partial charge in [-0.1, -0.05) is 0 Å². The lowest BCUT2D eigenvalue weighted by Gasteiger charge is -1.95. The summed E-state index contributed by atoms with van der Waals surface area (Å²) in [5.74, 6) is 0. The van der Waals surface area contributed by atoms with Gasteiger partial charge in [0.2, 0.25) is 0 Å². The Balaban J connectivity index is 2.08. The molecule has 2 saturated heterocycles. The van der Waals surface area contributed by atoms with Gasteiger partial charge in [-0.25, -0.2) is 0 Å². The molecule has 0 aromatic carbocycles. The van der Waals surface area contributed by atoms with Crippen molar-refractivity contribution in [1.82, 2.24) is 4.90 Å². The zero-order valence-electron chi connectivity index (χ0n) is 4.17. The highest BCUT2D eigenvalue weighted by atomic mass is 16.3. The molecule has 0 bridgehead atoms. The van der Waals surface area contributed by atoms with Gasteiger partial charge in [0, 0.05) is 19.1 Å². The molecule has 2 nitrogen and oxygen atoms in total. The van der Waals surface area contributed by atoms with Crippen LogP contribution < -0.4 is 0 Å². The molecule has 0 amide bonds. The van der Waals surface area contributed by atoms with Crippen LogP contribution in [0.5, 0.6) is 0 Å². The van der Waals surface area contributed by atoms with Crippen molar-refractivity contribution in [2.45, 2.75) is 18.6 Å². The average molecular weight is 99.1 g/mol. The van der Waals surface area contributed by atoms with E-state index in [2.05, 4.69) is 4.90 Å². The van der Waals surface area contributed by atoms with E-state index in [1.54, 1.807) is 0 Å². The second kappa shape index (κ2) is 1.01. The highest BCUT2D eigenvalue weighted by molar-refractivity contribution is 5.00. The highest BCUT2D eigenvalue weighted by Gasteiger charge is 2.44. The molecule has 2 aliphatic rings. The van der Waals surface area contributed by atoms with E-state index in [9.17, 15) is 0 Å². The normalized spacial score (nSPS) is 57.0. The predicted octanol–water partition coefficient (Wildman–Crippen LogP) is -0.565. The molecule has 0 radical (unpaired) electrons. The Hall–Kier alpha value is -0.0800. The Labute approximate surface area is 42.7 Å². The van der Waals surface area contributed by atoms with Crippen molar-refractivity contribution in [3.63, 3.8) is 0 Å². The number of aliphatic hydroxyl groups is 1. The molecule has 0 aromatic rings. The summed E-state index contributed by atoms with van der Waals surface area (Å²) >= 11 is 0. The lowest BCUT2D eigenvalue weighted by atomic mass is 10.2. The number of fused-ring (bicyclic) bond motifs is 1. The standard InChI is InChI=1S/C5H9NO/c7-5-1-2-6-3-4(5)6/h4-5,7H,1-3H2. The van der Waals surface area contributed by atoms with Gasteiger partial charge in [-0.05, 0) is 6.42 Å². The molecule has 0 aromatic heterocycles. The Morgan fingerprint density at radius 3 is 2.57 bits per heavy atom. The van der Waals surface area contributed by atoms with Crippen LogP contribution in [0.1, 0.15) is 6.42 Å². The molecular weight excluding hydrogens is 90.1 g/mol. The van der Waals surface area contributed by atoms with Crippen LogP contribution in [0.25, 0.3) is 0 Å². The number of hydrogen-bond donors (Lipinski definition) is 1. The van der Waals surface area contributed by atoms with Crippen LogP contribution in [0.3, 0.4) is 0 Å². The van der Waals surface area contributed by atoms with Gasteiger partial charge in [0.15, 0.2) is 0 Å². The molecule has 7 heavy (non-hydrogen) atoms. The maximum atomic E-state index is 9.00. The number of piperidine rings is 1. The summed E-state index contributed by atoms with van der Waals surface area (Å²) in [5.41, 5.74) is 0. The largest absolute Gasteiger partial charge is 0.391 e. The van der Waals surface area contributed by atoms with Crippen molar-refractivity contribution in [2.24, 2.45) is 0 Å². The number of rotatable bonds is 0. The predicted molar refractivity (Wildman–Crippen MR) is 26.0 cm³/mol. The van der Waals surface area contributed by atoms with Gasteiger partial charge in [-0.15, -0.1) is 0 Å². The summed E-state index contributed by atoms with van der Waals surface area (Å²) in [5, 5.41) is 9.00. The van der Waals surface area contributed by atoms with E-state index in [-0.39, 0.29) is 6.10 Å². The van der Waals surface area contributed by atoms with Gasteiger partial charge in [0.05, 0.1) is 6.10 Å². The second-order valence-electron chi connectivity index (χ2n) is 2.42. The zero-order chi connectivity index (χ0) is 4.85. The third-order valence-electron chi connectivity index (χ3n) is 1.91. The summed E-state index contributed by atoms with van der Waals surface area (Å²) in [6.45, 7) is 2.28. The van der Waals surface area contributed by atoms with Crippen LogP contribution in [-0.2, 0) is 0 Å². The van der Waals surface area contributed by atoms with Crippen LogP contribution in [-0.4, -0.2) is 35.2 Å². The van der Waals surface area contributed by atoms with Crippen LogP contribution in [0.2, 0.25) is 0 Å². The highest BCUT2D eigenvalue weighted by Crippen LogP contribution is 2.29. The van der Waals surface area contributed by atoms with Crippen LogP contribution in [0.15, 0.2) is 0 Å². The average Bonchev–Trinajstić information content (AvgIpc) is 2.33. The van der Waals surface area contributed by atoms with E-state index in [1.807, 2.05) is 0 Å². The van der Waals surface area contributed by atoms with E-state index >= 15 is 0 Å². The fraction of sp³-hybridized carbons (Fsp3) is 1.00. The van der Waals surface area contributed by atoms with Crippen molar-refractivity contribution in [3.8, 4) is 0 Å². The topological polar surface area (TPSA) is 23.2 Å². The Kier molecular flexibility index (Phi) is 0.557. The lowest BCUT2D eigenvalue weighted by Crippen LogP contribution is -2.09. The second-order valence-corrected chi connectivity index (χ2v) is 2.42. The third-order valence-corrected chi connectivity index (χ3v) is 1.91. The lowest BCUT2D eigenvalue weighted by molar-refractivity contribution is 0.183. The molecule has 3 unspecified atom stereocenters. The van der Waals surface area contributed by atoms with Crippen molar-refractivity contribution in [1.29, 1.82) is 0 Å². The summed E-state index contributed by atoms with van der Waals surface area (Å²) in [6, 6.07) is 0.569. The number of nitrogens with zero attached hydrogens (tertiary/aromatic N) is 1. The van der Waals surface area contributed by atoms with E-state index in [1.165, 1.54) is 0 Å². The van der Waals surface area contributed by atoms with E-state index in [0.29, 0.717) is 6.04 Å². The minimum Gasteiger partial charge on any atom is -0.391 e. The molecule has 3 atom stereocenters. The minimum atomic E-state index is 0.0139. The molecule has 0 saturated carbocycles. The number of hydrogen-bond acceptors (Lipinski definition) is 2. The van der Waals surface area contributed by atoms with Crippen molar-refractivity contribution >= 4 is 0 Å². The third kappa shape index (κ3) is 0.409. The molecule has 2 aliphatic heterocycles. The molecular formula is C5H9NO. The van der Waals surface area contributed by atoms with Gasteiger partial charge in [-0.2, -0.15) is 0 Å². The van der Waals surface area contributed by atoms with Gasteiger partial charge in [0.25, 0.3) is 0 Å². The van der Waals surface area contributed by atoms with Crippen molar-refractivity contribution in [2.75, 3.05) is 13.1 Å². The van der Waals surface area contributed by atoms with E-state index in [0.717, 1.165) is 19.5 Å². The van der Waals surface area contributed by atoms with E-state index in [4.69, 9.17) is 5.11 Å². The first kappa shape index (κ1) is 3.87. The molecule has 2 rings (SSSR count). The maximum absolute atomic E-state index is 9.00. The van der Waals surface area contributed by atoms with Crippen LogP contribution in [0, 0.1) is 0 Å². The van der Waals surface area contributed by atoms with Gasteiger partial charge < -0.3 is 5.11 Å². The molecule has 0 spiro atoms. The minimum absolute atomic E-state index is 0.0139. The quantitative estimate of drug-likeness (QED) is 0.411. The summed E-state index contributed by atoms with van der Waals surface area (Å²) < 4.78 is 0. The molecule has 2 heteroatoms. The molecule has 2 heterocycles. The van der Waals surface area contributed by atoms with Gasteiger partial charge in [-0.3, -0.25) is 4.90 Å². The molecule has 1 N–H and O–H groups in total. The van der Waals surface area contributed by atoms with Crippen LogP contribution in [0.4, 0.5) is 0 Å². The van der Waals surface area contributed by atoms with Crippen molar-refractivity contribution in [3.05, 3.63) is 0 Å². The zero-order valence-corrected chi connectivity index (χ0v) is 4.17. The summed E-state index contributed by atoms with van der Waals surface area (Å²) in [4.78, 5) is 2.30. The fourth-order valence-electron chi connectivity index (χ4n) is 1.31. The van der Waals surface area contributed by atoms with Crippen molar-refractivity contribution < 1.29 is 5.11 Å². The molecule has 0 aliphatic carbocycles. The summed E-state index contributed by atoms with van der Waals surface area (Å²) in [6.07, 6.45) is 1.02. The maximum Gasteiger partial charge on any atom is 0.0720 e. The monoisotopic (exact) mass is 99.1 g/mol. The Bertz CT molecular complexity index is 94.1. The number of aliphatic hydroxyl groups excluding tert-OH is 1. The van der Waals surface area contributed by atoms with E-state index < -0.39 is 0 Å². The Morgan fingerprint density at radius 1 is 1.57 bits per heavy atom. The van der Waals surface area contributed by atoms with Crippen LogP contribution >= 0.6 is 0 Å². The first-order valence-corrected chi connectivity index (χ1v) is 2.80. The Morgan fingerprint density at radius 2 is 2.43 bits per heavy atom. The fourth-order valence-corrected chi connectivity index (χ4v) is 1.31. The SMILES string of the molecule is OC1CCN2CC12. The molecule has 2 fully saturated rings. The smallest absolute Gasteiger partial charge is 0.0720 e. The summed E-state index contributed by atoms with van der Waals surface area (Å²) in [7, 11) is 0. The molecule has 40 valence electrons. The first-order chi connectivity index (χ1) is 3.38.